The zero-order chi connectivity index (χ0) is 23.6. The van der Waals surface area contributed by atoms with E-state index in [0.29, 0.717) is 28.9 Å². The molecule has 0 saturated heterocycles. The van der Waals surface area contributed by atoms with E-state index >= 15 is 0 Å². The van der Waals surface area contributed by atoms with Gasteiger partial charge in [0, 0.05) is 29.7 Å². The van der Waals surface area contributed by atoms with Gasteiger partial charge in [0.05, 0.1) is 24.6 Å². The summed E-state index contributed by atoms with van der Waals surface area (Å²) in [5.74, 6) is -0.677. The van der Waals surface area contributed by atoms with Gasteiger partial charge in [0.15, 0.2) is 0 Å². The molecular formula is C23H19F3N4O3. The Morgan fingerprint density at radius 3 is 2.55 bits per heavy atom. The van der Waals surface area contributed by atoms with Crippen molar-refractivity contribution >= 4 is 29.0 Å². The average molecular weight is 456 g/mol. The van der Waals surface area contributed by atoms with Gasteiger partial charge in [-0.05, 0) is 54.4 Å². The second kappa shape index (κ2) is 8.81. The molecule has 0 aliphatic carbocycles. The molecule has 4 rings (SSSR count). The van der Waals surface area contributed by atoms with Crippen LogP contribution in [0.2, 0.25) is 0 Å². The van der Waals surface area contributed by atoms with Crippen molar-refractivity contribution in [1.82, 2.24) is 4.98 Å². The molecule has 0 bridgehead atoms. The number of benzene rings is 2. The first kappa shape index (κ1) is 22.1. The van der Waals surface area contributed by atoms with Crippen molar-refractivity contribution in [3.63, 3.8) is 0 Å². The zero-order valence-corrected chi connectivity index (χ0v) is 17.4. The number of carbonyl (C=O) groups excluding carboxylic acids is 2. The van der Waals surface area contributed by atoms with E-state index in [-0.39, 0.29) is 18.0 Å². The third kappa shape index (κ3) is 4.74. The van der Waals surface area contributed by atoms with Crippen molar-refractivity contribution < 1.29 is 27.5 Å². The number of anilines is 3. The molecule has 3 amide bonds. The summed E-state index contributed by atoms with van der Waals surface area (Å²) in [7, 11) is 1.17. The lowest BCUT2D eigenvalue weighted by Crippen LogP contribution is -2.33. The Labute approximate surface area is 187 Å². The van der Waals surface area contributed by atoms with Gasteiger partial charge in [-0.3, -0.25) is 14.7 Å². The molecule has 0 radical (unpaired) electrons. The van der Waals surface area contributed by atoms with E-state index in [1.165, 1.54) is 30.3 Å². The molecule has 1 aliphatic rings. The van der Waals surface area contributed by atoms with Crippen LogP contribution in [0.25, 0.3) is 0 Å². The molecule has 7 nitrogen and oxygen atoms in total. The lowest BCUT2D eigenvalue weighted by atomic mass is 10.1. The Morgan fingerprint density at radius 2 is 1.85 bits per heavy atom. The molecule has 1 aliphatic heterocycles. The molecule has 0 saturated carbocycles. The Balaban J connectivity index is 1.52. The van der Waals surface area contributed by atoms with Gasteiger partial charge in [0.1, 0.15) is 5.75 Å². The van der Waals surface area contributed by atoms with Gasteiger partial charge in [0.25, 0.3) is 5.91 Å². The molecule has 0 fully saturated rings. The number of rotatable bonds is 4. The van der Waals surface area contributed by atoms with Gasteiger partial charge in [0.2, 0.25) is 0 Å². The lowest BCUT2D eigenvalue weighted by Gasteiger charge is -2.20. The van der Waals surface area contributed by atoms with E-state index in [9.17, 15) is 22.8 Å². The summed E-state index contributed by atoms with van der Waals surface area (Å²) in [6, 6.07) is 11.3. The van der Waals surface area contributed by atoms with Crippen LogP contribution in [0.15, 0.2) is 60.9 Å². The second-order valence-corrected chi connectivity index (χ2v) is 7.29. The minimum atomic E-state index is -4.62. The highest BCUT2D eigenvalue weighted by atomic mass is 19.4. The fourth-order valence-electron chi connectivity index (χ4n) is 3.59. The van der Waals surface area contributed by atoms with Gasteiger partial charge in [-0.1, -0.05) is 6.07 Å². The molecular weight excluding hydrogens is 437 g/mol. The van der Waals surface area contributed by atoms with Crippen molar-refractivity contribution in [1.29, 1.82) is 0 Å². The summed E-state index contributed by atoms with van der Waals surface area (Å²) in [6.45, 7) is 0.215. The number of methoxy groups -OCH3 is 1. The van der Waals surface area contributed by atoms with Crippen molar-refractivity contribution in [3.05, 3.63) is 77.6 Å². The first-order valence-electron chi connectivity index (χ1n) is 9.94. The summed E-state index contributed by atoms with van der Waals surface area (Å²) in [5.41, 5.74) is 0.948. The summed E-state index contributed by atoms with van der Waals surface area (Å²) >= 11 is 0. The smallest absolute Gasteiger partial charge is 0.420 e. The number of carbonyl (C=O) groups is 2. The topological polar surface area (TPSA) is 83.6 Å². The number of urea groups is 1. The molecule has 1 aromatic heterocycles. The minimum Gasteiger partial charge on any atom is -0.496 e. The molecule has 170 valence electrons. The Kier molecular flexibility index (Phi) is 5.91. The van der Waals surface area contributed by atoms with Crippen LogP contribution in [0, 0.1) is 0 Å². The molecule has 3 aromatic rings. The fourth-order valence-corrected chi connectivity index (χ4v) is 3.59. The molecule has 0 spiro atoms. The maximum Gasteiger partial charge on any atom is 0.420 e. The highest BCUT2D eigenvalue weighted by Crippen LogP contribution is 2.42. The fraction of sp³-hybridized carbons (Fsp3) is 0.174. The standard InChI is InChI=1S/C23H19F3N4O3/c1-33-20-11-14-7-9-30(19(14)12-18(20)23(24,25)26)22(32)29-16-5-2-4-15(10-16)21(31)28-17-6-3-8-27-13-17/h2-6,8,10-13H,7,9H2,1H3,(H,28,31)(H,29,32). The largest absolute Gasteiger partial charge is 0.496 e. The monoisotopic (exact) mass is 456 g/mol. The number of amides is 3. The minimum absolute atomic E-state index is 0.172. The van der Waals surface area contributed by atoms with E-state index in [2.05, 4.69) is 15.6 Å². The molecule has 2 aromatic carbocycles. The first-order valence-corrected chi connectivity index (χ1v) is 9.94. The third-order valence-electron chi connectivity index (χ3n) is 5.14. The van der Waals surface area contributed by atoms with Crippen molar-refractivity contribution in [2.75, 3.05) is 29.2 Å². The van der Waals surface area contributed by atoms with Gasteiger partial charge < -0.3 is 15.4 Å². The summed E-state index contributed by atoms with van der Waals surface area (Å²) in [6.07, 6.45) is -1.15. The number of pyridine rings is 1. The molecule has 2 heterocycles. The summed E-state index contributed by atoms with van der Waals surface area (Å²) in [4.78, 5) is 30.5. The SMILES string of the molecule is COc1cc2c(cc1C(F)(F)F)N(C(=O)Nc1cccc(C(=O)Nc3cccnc3)c1)CC2. The van der Waals surface area contributed by atoms with Crippen LogP contribution in [-0.2, 0) is 12.6 Å². The number of aromatic nitrogens is 1. The van der Waals surface area contributed by atoms with Crippen molar-refractivity contribution in [2.45, 2.75) is 12.6 Å². The number of fused-ring (bicyclic) bond motifs is 1. The van der Waals surface area contributed by atoms with Crippen molar-refractivity contribution in [3.8, 4) is 5.75 Å². The number of halogens is 3. The zero-order valence-electron chi connectivity index (χ0n) is 17.4. The van der Waals surface area contributed by atoms with E-state index < -0.39 is 23.7 Å². The lowest BCUT2D eigenvalue weighted by molar-refractivity contribution is -0.138. The van der Waals surface area contributed by atoms with Crippen LogP contribution in [0.5, 0.6) is 5.75 Å². The summed E-state index contributed by atoms with van der Waals surface area (Å²) < 4.78 is 45.1. The molecule has 0 atom stereocenters. The molecule has 2 N–H and O–H groups in total. The highest BCUT2D eigenvalue weighted by Gasteiger charge is 2.37. The van der Waals surface area contributed by atoms with Crippen molar-refractivity contribution in [2.24, 2.45) is 0 Å². The van der Waals surface area contributed by atoms with Crippen LogP contribution in [0.1, 0.15) is 21.5 Å². The van der Waals surface area contributed by atoms with Gasteiger partial charge in [-0.2, -0.15) is 13.2 Å². The molecule has 33 heavy (non-hydrogen) atoms. The molecule has 10 heteroatoms. The highest BCUT2D eigenvalue weighted by molar-refractivity contribution is 6.07. The Bertz CT molecular complexity index is 1200. The van der Waals surface area contributed by atoms with E-state index in [1.54, 1.807) is 36.5 Å². The Morgan fingerprint density at radius 1 is 1.06 bits per heavy atom. The predicted molar refractivity (Wildman–Crippen MR) is 117 cm³/mol. The van der Waals surface area contributed by atoms with Crippen LogP contribution in [-0.4, -0.2) is 30.6 Å². The third-order valence-corrected chi connectivity index (χ3v) is 5.14. The van der Waals surface area contributed by atoms with Gasteiger partial charge in [-0.25, -0.2) is 4.79 Å². The van der Waals surface area contributed by atoms with Gasteiger partial charge >= 0.3 is 12.2 Å². The average Bonchev–Trinajstić information content (AvgIpc) is 3.21. The Hall–Kier alpha value is -4.08. The predicted octanol–water partition coefficient (Wildman–Crippen LogP) is 4.96. The maximum absolute atomic E-state index is 13.4. The van der Waals surface area contributed by atoms with Crippen LogP contribution in [0.4, 0.5) is 35.0 Å². The summed E-state index contributed by atoms with van der Waals surface area (Å²) in [5, 5.41) is 5.35. The van der Waals surface area contributed by atoms with E-state index in [1.807, 2.05) is 0 Å². The van der Waals surface area contributed by atoms with Crippen LogP contribution in [0.3, 0.4) is 0 Å². The normalized spacial score (nSPS) is 12.8. The number of hydrogen-bond acceptors (Lipinski definition) is 4. The van der Waals surface area contributed by atoms with Crippen LogP contribution >= 0.6 is 0 Å². The van der Waals surface area contributed by atoms with E-state index in [0.717, 1.165) is 6.07 Å². The second-order valence-electron chi connectivity index (χ2n) is 7.29. The maximum atomic E-state index is 13.4. The number of ether oxygens (including phenoxy) is 1. The first-order chi connectivity index (χ1) is 15.8. The van der Waals surface area contributed by atoms with E-state index in [4.69, 9.17) is 4.74 Å². The quantitative estimate of drug-likeness (QED) is 0.582. The number of nitrogens with one attached hydrogen (secondary N) is 2. The van der Waals surface area contributed by atoms with Gasteiger partial charge in [-0.15, -0.1) is 0 Å². The van der Waals surface area contributed by atoms with Crippen LogP contribution < -0.4 is 20.3 Å². The number of nitrogens with zero attached hydrogens (tertiary/aromatic N) is 2. The number of hydrogen-bond donors (Lipinski definition) is 2. The molecule has 0 unspecified atom stereocenters. The number of alkyl halides is 3.